The number of ether oxygens (including phenoxy) is 1. The fourth-order valence-electron chi connectivity index (χ4n) is 3.59. The Bertz CT molecular complexity index is 1020. The largest absolute Gasteiger partial charge is 0.378 e. The Morgan fingerprint density at radius 3 is 2.73 bits per heavy atom. The number of anilines is 3. The SMILES string of the molecule is Cc1ccc(NC(=O)c2cc(F)cc(N3CCOCC3)c2)cc1N1CC=CC=C1Cl. The normalized spacial score (nSPS) is 16.4. The predicted molar refractivity (Wildman–Crippen MR) is 119 cm³/mol. The van der Waals surface area contributed by atoms with Crippen LogP contribution in [0.2, 0.25) is 0 Å². The lowest BCUT2D eigenvalue weighted by molar-refractivity contribution is 0.102. The van der Waals surface area contributed by atoms with Crippen molar-refractivity contribution in [2.24, 2.45) is 0 Å². The maximum Gasteiger partial charge on any atom is 0.255 e. The molecule has 156 valence electrons. The Morgan fingerprint density at radius 1 is 1.17 bits per heavy atom. The van der Waals surface area contributed by atoms with E-state index in [4.69, 9.17) is 16.3 Å². The molecule has 0 radical (unpaired) electrons. The molecule has 0 aliphatic carbocycles. The fraction of sp³-hybridized carbons (Fsp3) is 0.261. The van der Waals surface area contributed by atoms with Crippen molar-refractivity contribution in [3.63, 3.8) is 0 Å². The Hall–Kier alpha value is -2.83. The molecule has 4 rings (SSSR count). The number of aryl methyl sites for hydroxylation is 1. The van der Waals surface area contributed by atoms with Crippen molar-refractivity contribution in [1.82, 2.24) is 0 Å². The standard InChI is InChI=1S/C23H23ClFN3O2/c1-16-5-6-19(15-21(16)28-7-3-2-4-22(28)24)26-23(29)17-12-18(25)14-20(13-17)27-8-10-30-11-9-27/h2-6,12-15H,7-11H2,1H3,(H,26,29). The second kappa shape index (κ2) is 8.90. The summed E-state index contributed by atoms with van der Waals surface area (Å²) < 4.78 is 19.6. The van der Waals surface area contributed by atoms with Gasteiger partial charge in [0.05, 0.1) is 13.2 Å². The Kier molecular flexibility index (Phi) is 6.06. The zero-order chi connectivity index (χ0) is 21.1. The van der Waals surface area contributed by atoms with Crippen molar-refractivity contribution in [3.8, 4) is 0 Å². The van der Waals surface area contributed by atoms with E-state index in [9.17, 15) is 9.18 Å². The molecule has 2 heterocycles. The second-order valence-corrected chi connectivity index (χ2v) is 7.67. The molecule has 2 aromatic rings. The number of amides is 1. The van der Waals surface area contributed by atoms with Gasteiger partial charge in [0.2, 0.25) is 0 Å². The number of benzene rings is 2. The van der Waals surface area contributed by atoms with Gasteiger partial charge in [0.15, 0.2) is 0 Å². The fourth-order valence-corrected chi connectivity index (χ4v) is 3.83. The summed E-state index contributed by atoms with van der Waals surface area (Å²) in [7, 11) is 0. The molecular formula is C23H23ClFN3O2. The van der Waals surface area contributed by atoms with Crippen molar-refractivity contribution in [3.05, 3.63) is 76.7 Å². The number of carbonyl (C=O) groups is 1. The lowest BCUT2D eigenvalue weighted by atomic mass is 10.1. The van der Waals surface area contributed by atoms with E-state index in [1.807, 2.05) is 53.2 Å². The summed E-state index contributed by atoms with van der Waals surface area (Å²) in [5.41, 5.74) is 3.53. The first-order valence-corrected chi connectivity index (χ1v) is 10.2. The maximum atomic E-state index is 14.2. The number of nitrogens with one attached hydrogen (secondary N) is 1. The predicted octanol–water partition coefficient (Wildman–Crippen LogP) is 4.68. The van der Waals surface area contributed by atoms with E-state index >= 15 is 0 Å². The van der Waals surface area contributed by atoms with Crippen molar-refractivity contribution in [2.45, 2.75) is 6.92 Å². The summed E-state index contributed by atoms with van der Waals surface area (Å²) in [5, 5.41) is 3.50. The summed E-state index contributed by atoms with van der Waals surface area (Å²) in [5.74, 6) is -0.801. The van der Waals surface area contributed by atoms with Crippen LogP contribution in [0.25, 0.3) is 0 Å². The van der Waals surface area contributed by atoms with Crippen LogP contribution in [-0.4, -0.2) is 38.8 Å². The van der Waals surface area contributed by atoms with Crippen LogP contribution in [-0.2, 0) is 4.74 Å². The minimum absolute atomic E-state index is 0.275. The third-order valence-electron chi connectivity index (χ3n) is 5.19. The number of rotatable bonds is 4. The molecule has 0 aromatic heterocycles. The first-order chi connectivity index (χ1) is 14.5. The van der Waals surface area contributed by atoms with Crippen LogP contribution in [0, 0.1) is 12.7 Å². The highest BCUT2D eigenvalue weighted by Gasteiger charge is 2.17. The highest BCUT2D eigenvalue weighted by Crippen LogP contribution is 2.30. The van der Waals surface area contributed by atoms with Gasteiger partial charge in [-0.2, -0.15) is 0 Å². The molecule has 0 bridgehead atoms. The van der Waals surface area contributed by atoms with Gasteiger partial charge >= 0.3 is 0 Å². The van der Waals surface area contributed by atoms with Crippen LogP contribution in [0.3, 0.4) is 0 Å². The highest BCUT2D eigenvalue weighted by molar-refractivity contribution is 6.31. The number of allylic oxidation sites excluding steroid dienone is 2. The first kappa shape index (κ1) is 20.4. The van der Waals surface area contributed by atoms with Crippen molar-refractivity contribution in [2.75, 3.05) is 48.0 Å². The van der Waals surface area contributed by atoms with Gasteiger partial charge in [-0.05, 0) is 48.9 Å². The smallest absolute Gasteiger partial charge is 0.255 e. The molecule has 1 amide bonds. The minimum atomic E-state index is -0.439. The zero-order valence-electron chi connectivity index (χ0n) is 16.7. The van der Waals surface area contributed by atoms with Gasteiger partial charge in [-0.25, -0.2) is 4.39 Å². The quantitative estimate of drug-likeness (QED) is 0.719. The second-order valence-electron chi connectivity index (χ2n) is 7.28. The molecule has 5 nitrogen and oxygen atoms in total. The van der Waals surface area contributed by atoms with Crippen LogP contribution >= 0.6 is 11.6 Å². The summed E-state index contributed by atoms with van der Waals surface area (Å²) in [6, 6.07) is 10.1. The van der Waals surface area contributed by atoms with Gasteiger partial charge < -0.3 is 19.9 Å². The molecule has 30 heavy (non-hydrogen) atoms. The highest BCUT2D eigenvalue weighted by atomic mass is 35.5. The van der Waals surface area contributed by atoms with Crippen LogP contribution in [0.15, 0.2) is 59.8 Å². The molecule has 2 aromatic carbocycles. The number of hydrogen-bond donors (Lipinski definition) is 1. The number of nitrogens with zero attached hydrogens (tertiary/aromatic N) is 2. The maximum absolute atomic E-state index is 14.2. The van der Waals surface area contributed by atoms with Gasteiger partial charge in [0.1, 0.15) is 11.0 Å². The Balaban J connectivity index is 1.55. The number of morpholine rings is 1. The van der Waals surface area contributed by atoms with Crippen LogP contribution in [0.4, 0.5) is 21.5 Å². The van der Waals surface area contributed by atoms with Crippen molar-refractivity contribution >= 4 is 34.6 Å². The number of hydrogen-bond acceptors (Lipinski definition) is 4. The van der Waals surface area contributed by atoms with Crippen LogP contribution < -0.4 is 15.1 Å². The molecule has 2 aliphatic rings. The van der Waals surface area contributed by atoms with E-state index in [0.717, 1.165) is 11.3 Å². The summed E-state index contributed by atoms with van der Waals surface area (Å²) >= 11 is 6.34. The number of carbonyl (C=O) groups excluding carboxylic acids is 1. The van der Waals surface area contributed by atoms with E-state index in [1.54, 1.807) is 6.07 Å². The van der Waals surface area contributed by atoms with Gasteiger partial charge in [0.25, 0.3) is 5.91 Å². The third kappa shape index (κ3) is 4.50. The molecule has 1 saturated heterocycles. The van der Waals surface area contributed by atoms with Crippen molar-refractivity contribution < 1.29 is 13.9 Å². The molecule has 0 atom stereocenters. The lowest BCUT2D eigenvalue weighted by Gasteiger charge is -2.29. The monoisotopic (exact) mass is 427 g/mol. The van der Waals surface area contributed by atoms with E-state index in [-0.39, 0.29) is 11.5 Å². The summed E-state index contributed by atoms with van der Waals surface area (Å²) in [4.78, 5) is 16.8. The van der Waals surface area contributed by atoms with Gasteiger partial charge in [-0.15, -0.1) is 0 Å². The molecule has 0 spiro atoms. The van der Waals surface area contributed by atoms with Crippen LogP contribution in [0.1, 0.15) is 15.9 Å². The number of halogens is 2. The van der Waals surface area contributed by atoms with Gasteiger partial charge in [-0.1, -0.05) is 29.8 Å². The third-order valence-corrected chi connectivity index (χ3v) is 5.52. The van der Waals surface area contributed by atoms with Gasteiger partial charge in [0, 0.05) is 42.3 Å². The molecule has 2 aliphatic heterocycles. The minimum Gasteiger partial charge on any atom is -0.378 e. The van der Waals surface area contributed by atoms with E-state index in [1.165, 1.54) is 12.1 Å². The van der Waals surface area contributed by atoms with E-state index in [2.05, 4.69) is 5.32 Å². The zero-order valence-corrected chi connectivity index (χ0v) is 17.5. The summed E-state index contributed by atoms with van der Waals surface area (Å²) in [6.07, 6.45) is 5.75. The lowest BCUT2D eigenvalue weighted by Crippen LogP contribution is -2.36. The molecule has 1 N–H and O–H groups in total. The molecule has 1 fully saturated rings. The molecule has 0 saturated carbocycles. The van der Waals surface area contributed by atoms with E-state index < -0.39 is 5.82 Å². The van der Waals surface area contributed by atoms with Gasteiger partial charge in [-0.3, -0.25) is 4.79 Å². The first-order valence-electron chi connectivity index (χ1n) is 9.86. The summed E-state index contributed by atoms with van der Waals surface area (Å²) in [6.45, 7) is 5.17. The van der Waals surface area contributed by atoms with Crippen molar-refractivity contribution in [1.29, 1.82) is 0 Å². The average Bonchev–Trinajstić information content (AvgIpc) is 2.76. The Morgan fingerprint density at radius 2 is 1.97 bits per heavy atom. The van der Waals surface area contributed by atoms with E-state index in [0.29, 0.717) is 49.4 Å². The molecule has 7 heteroatoms. The van der Waals surface area contributed by atoms with Crippen LogP contribution in [0.5, 0.6) is 0 Å². The molecule has 0 unspecified atom stereocenters. The topological polar surface area (TPSA) is 44.8 Å². The Labute approximate surface area is 180 Å². The molecular weight excluding hydrogens is 405 g/mol. The average molecular weight is 428 g/mol.